The van der Waals surface area contributed by atoms with Crippen molar-refractivity contribution in [3.63, 3.8) is 0 Å². The molecule has 0 heterocycles. The van der Waals surface area contributed by atoms with E-state index < -0.39 is 10.0 Å². The van der Waals surface area contributed by atoms with Crippen LogP contribution in [-0.4, -0.2) is 8.42 Å². The van der Waals surface area contributed by atoms with E-state index in [1.165, 1.54) is 0 Å². The normalized spacial score (nSPS) is 11.3. The minimum Gasteiger partial charge on any atom is -0.398 e. The number of aryl methyl sites for hydroxylation is 2. The van der Waals surface area contributed by atoms with E-state index in [1.54, 1.807) is 37.3 Å². The average Bonchev–Trinajstić information content (AvgIpc) is 2.25. The maximum atomic E-state index is 12.5. The zero-order valence-electron chi connectivity index (χ0n) is 11.1. The maximum absolute atomic E-state index is 12.5. The molecule has 3 N–H and O–H groups in total. The van der Waals surface area contributed by atoms with Gasteiger partial charge in [-0.3, -0.25) is 4.72 Å². The fourth-order valence-electron chi connectivity index (χ4n) is 2.04. The number of nitrogen functional groups attached to an aromatic ring is 1. The molecule has 2 rings (SSSR count). The lowest BCUT2D eigenvalue weighted by Gasteiger charge is -2.13. The van der Waals surface area contributed by atoms with Crippen LogP contribution < -0.4 is 10.5 Å². The lowest BCUT2D eigenvalue weighted by atomic mass is 10.2. The molecular formula is C14H15BrN2O2S. The standard InChI is InChI=1S/C14H15BrN2O2S/c1-9-6-11(15)8-12(7-9)17-20(18,19)14-10(2)4-3-5-13(14)16/h3-8,17H,16H2,1-2H3. The maximum Gasteiger partial charge on any atom is 0.264 e. The highest BCUT2D eigenvalue weighted by Crippen LogP contribution is 2.26. The molecule has 0 spiro atoms. The number of sulfonamides is 1. The first-order valence-electron chi connectivity index (χ1n) is 5.95. The zero-order valence-corrected chi connectivity index (χ0v) is 13.5. The summed E-state index contributed by atoms with van der Waals surface area (Å²) in [5, 5.41) is 0. The van der Waals surface area contributed by atoms with Crippen LogP contribution in [0.1, 0.15) is 11.1 Å². The van der Waals surface area contributed by atoms with Gasteiger partial charge in [-0.25, -0.2) is 8.42 Å². The van der Waals surface area contributed by atoms with Crippen molar-refractivity contribution in [3.05, 3.63) is 52.0 Å². The van der Waals surface area contributed by atoms with Gasteiger partial charge in [0.25, 0.3) is 10.0 Å². The molecule has 0 saturated carbocycles. The number of nitrogens with one attached hydrogen (secondary N) is 1. The molecule has 0 atom stereocenters. The van der Waals surface area contributed by atoms with E-state index in [4.69, 9.17) is 5.73 Å². The Bertz CT molecular complexity index is 717. The minimum absolute atomic E-state index is 0.123. The topological polar surface area (TPSA) is 72.2 Å². The molecule has 4 nitrogen and oxygen atoms in total. The van der Waals surface area contributed by atoms with Gasteiger partial charge in [-0.05, 0) is 49.2 Å². The van der Waals surface area contributed by atoms with Gasteiger partial charge in [0.1, 0.15) is 4.90 Å². The highest BCUT2D eigenvalue weighted by atomic mass is 79.9. The second-order valence-corrected chi connectivity index (χ2v) is 7.15. The monoisotopic (exact) mass is 354 g/mol. The Morgan fingerprint density at radius 1 is 1.15 bits per heavy atom. The molecular weight excluding hydrogens is 340 g/mol. The van der Waals surface area contributed by atoms with Crippen LogP contribution in [0.2, 0.25) is 0 Å². The van der Waals surface area contributed by atoms with E-state index in [0.29, 0.717) is 11.3 Å². The predicted octanol–water partition coefficient (Wildman–Crippen LogP) is 3.45. The van der Waals surface area contributed by atoms with E-state index in [2.05, 4.69) is 20.7 Å². The fraction of sp³-hybridized carbons (Fsp3) is 0.143. The number of rotatable bonds is 3. The first-order valence-corrected chi connectivity index (χ1v) is 8.22. The van der Waals surface area contributed by atoms with Crippen molar-refractivity contribution in [3.8, 4) is 0 Å². The highest BCUT2D eigenvalue weighted by molar-refractivity contribution is 9.10. The lowest BCUT2D eigenvalue weighted by Crippen LogP contribution is -2.16. The van der Waals surface area contributed by atoms with E-state index >= 15 is 0 Å². The Labute approximate surface area is 127 Å². The van der Waals surface area contributed by atoms with Crippen LogP contribution in [0, 0.1) is 13.8 Å². The van der Waals surface area contributed by atoms with Crippen LogP contribution in [0.4, 0.5) is 11.4 Å². The largest absolute Gasteiger partial charge is 0.398 e. The van der Waals surface area contributed by atoms with Crippen molar-refractivity contribution in [2.45, 2.75) is 18.7 Å². The third kappa shape index (κ3) is 3.13. The second kappa shape index (κ2) is 5.46. The molecule has 0 unspecified atom stereocenters. The van der Waals surface area contributed by atoms with Crippen molar-refractivity contribution in [1.29, 1.82) is 0 Å². The Hall–Kier alpha value is -1.53. The Morgan fingerprint density at radius 2 is 1.85 bits per heavy atom. The van der Waals surface area contributed by atoms with Crippen molar-refractivity contribution in [1.82, 2.24) is 0 Å². The molecule has 0 aliphatic rings. The summed E-state index contributed by atoms with van der Waals surface area (Å²) in [5.74, 6) is 0. The van der Waals surface area contributed by atoms with Gasteiger partial charge in [0.2, 0.25) is 0 Å². The third-order valence-electron chi connectivity index (χ3n) is 2.81. The average molecular weight is 355 g/mol. The molecule has 2 aromatic carbocycles. The molecule has 0 aliphatic carbocycles. The Kier molecular flexibility index (Phi) is 4.06. The van der Waals surface area contributed by atoms with Gasteiger partial charge in [0.05, 0.1) is 11.4 Å². The summed E-state index contributed by atoms with van der Waals surface area (Å²) in [5.41, 5.74) is 8.10. The summed E-state index contributed by atoms with van der Waals surface area (Å²) in [7, 11) is -3.70. The van der Waals surface area contributed by atoms with Gasteiger partial charge < -0.3 is 5.73 Å². The molecule has 0 bridgehead atoms. The van der Waals surface area contributed by atoms with Crippen LogP contribution in [0.25, 0.3) is 0 Å². The minimum atomic E-state index is -3.70. The van der Waals surface area contributed by atoms with Crippen molar-refractivity contribution < 1.29 is 8.42 Å². The van der Waals surface area contributed by atoms with E-state index in [0.717, 1.165) is 10.0 Å². The fourth-order valence-corrected chi connectivity index (χ4v) is 4.05. The summed E-state index contributed by atoms with van der Waals surface area (Å²) in [6.45, 7) is 3.61. The van der Waals surface area contributed by atoms with E-state index in [-0.39, 0.29) is 10.6 Å². The van der Waals surface area contributed by atoms with Gasteiger partial charge in [-0.2, -0.15) is 0 Å². The number of halogens is 1. The Morgan fingerprint density at radius 3 is 2.45 bits per heavy atom. The highest BCUT2D eigenvalue weighted by Gasteiger charge is 2.20. The second-order valence-electron chi connectivity index (χ2n) is 4.62. The van der Waals surface area contributed by atoms with Crippen LogP contribution >= 0.6 is 15.9 Å². The van der Waals surface area contributed by atoms with Gasteiger partial charge >= 0.3 is 0 Å². The van der Waals surface area contributed by atoms with E-state index in [1.807, 2.05) is 13.0 Å². The molecule has 106 valence electrons. The van der Waals surface area contributed by atoms with Gasteiger partial charge in [-0.15, -0.1) is 0 Å². The lowest BCUT2D eigenvalue weighted by molar-refractivity contribution is 0.601. The van der Waals surface area contributed by atoms with Gasteiger partial charge in [0, 0.05) is 4.47 Å². The first kappa shape index (κ1) is 14.9. The summed E-state index contributed by atoms with van der Waals surface area (Å²) in [6.07, 6.45) is 0. The SMILES string of the molecule is Cc1cc(Br)cc(NS(=O)(=O)c2c(C)cccc2N)c1. The predicted molar refractivity (Wildman–Crippen MR) is 85.3 cm³/mol. The molecule has 0 amide bonds. The molecule has 6 heteroatoms. The summed E-state index contributed by atoms with van der Waals surface area (Å²) in [4.78, 5) is 0.123. The number of anilines is 2. The number of nitrogens with two attached hydrogens (primary N) is 1. The smallest absolute Gasteiger partial charge is 0.264 e. The summed E-state index contributed by atoms with van der Waals surface area (Å²) >= 11 is 3.35. The molecule has 0 saturated heterocycles. The Balaban J connectivity index is 2.46. The van der Waals surface area contributed by atoms with Crippen molar-refractivity contribution >= 4 is 37.3 Å². The van der Waals surface area contributed by atoms with Crippen LogP contribution in [-0.2, 0) is 10.0 Å². The number of benzene rings is 2. The van der Waals surface area contributed by atoms with Crippen LogP contribution in [0.5, 0.6) is 0 Å². The number of hydrogen-bond acceptors (Lipinski definition) is 3. The van der Waals surface area contributed by atoms with Gasteiger partial charge in [-0.1, -0.05) is 28.1 Å². The summed E-state index contributed by atoms with van der Waals surface area (Å²) < 4.78 is 28.3. The third-order valence-corrected chi connectivity index (χ3v) is 4.86. The molecule has 20 heavy (non-hydrogen) atoms. The van der Waals surface area contributed by atoms with Crippen LogP contribution in [0.3, 0.4) is 0 Å². The van der Waals surface area contributed by atoms with Crippen LogP contribution in [0.15, 0.2) is 45.8 Å². The molecule has 0 fully saturated rings. The van der Waals surface area contributed by atoms with Crippen molar-refractivity contribution in [2.24, 2.45) is 0 Å². The summed E-state index contributed by atoms with van der Waals surface area (Å²) in [6, 6.07) is 10.4. The first-order chi connectivity index (χ1) is 9.29. The van der Waals surface area contributed by atoms with E-state index in [9.17, 15) is 8.42 Å². The quantitative estimate of drug-likeness (QED) is 0.829. The molecule has 2 aromatic rings. The van der Waals surface area contributed by atoms with Gasteiger partial charge in [0.15, 0.2) is 0 Å². The molecule has 0 radical (unpaired) electrons. The molecule has 0 aliphatic heterocycles. The number of hydrogen-bond donors (Lipinski definition) is 2. The molecule has 0 aromatic heterocycles. The van der Waals surface area contributed by atoms with Crippen molar-refractivity contribution in [2.75, 3.05) is 10.5 Å². The zero-order chi connectivity index (χ0) is 14.9.